The second-order valence-electron chi connectivity index (χ2n) is 3.72. The third kappa shape index (κ3) is 2.66. The number of ether oxygens (including phenoxy) is 1. The van der Waals surface area contributed by atoms with Crippen molar-refractivity contribution in [1.29, 1.82) is 0 Å². The molecule has 0 radical (unpaired) electrons. The molecule has 5 nitrogen and oxygen atoms in total. The molecule has 5 heteroatoms. The number of anilines is 2. The normalized spacial score (nSPS) is 10.8. The molecule has 0 amide bonds. The lowest BCUT2D eigenvalue weighted by Crippen LogP contribution is -2.29. The van der Waals surface area contributed by atoms with E-state index in [1.165, 1.54) is 0 Å². The van der Waals surface area contributed by atoms with Crippen LogP contribution in [0.5, 0.6) is 0 Å². The van der Waals surface area contributed by atoms with Gasteiger partial charge in [0.2, 0.25) is 0 Å². The summed E-state index contributed by atoms with van der Waals surface area (Å²) in [6.07, 6.45) is 0. The van der Waals surface area contributed by atoms with Crippen molar-refractivity contribution in [2.24, 2.45) is 7.05 Å². The van der Waals surface area contributed by atoms with E-state index in [2.05, 4.69) is 16.9 Å². The molecule has 0 aliphatic carbocycles. The number of aromatic nitrogens is 2. The summed E-state index contributed by atoms with van der Waals surface area (Å²) in [6, 6.07) is 0. The molecule has 1 heterocycles. The lowest BCUT2D eigenvalue weighted by Gasteiger charge is -2.23. The van der Waals surface area contributed by atoms with Crippen LogP contribution in [0.15, 0.2) is 0 Å². The highest BCUT2D eigenvalue weighted by Gasteiger charge is 2.15. The SMILES string of the molecule is CCOCCN(CC)c1c(N)c(C)nn1C. The standard InChI is InChI=1S/C11H22N4O/c1-5-15(7-8-16-6-2)11-10(12)9(3)13-14(11)4/h5-8,12H2,1-4H3. The van der Waals surface area contributed by atoms with Crippen LogP contribution < -0.4 is 10.6 Å². The quantitative estimate of drug-likeness (QED) is 0.740. The molecule has 92 valence electrons. The third-order valence-corrected chi connectivity index (χ3v) is 2.63. The van der Waals surface area contributed by atoms with E-state index >= 15 is 0 Å². The Balaban J connectivity index is 2.78. The van der Waals surface area contributed by atoms with Gasteiger partial charge in [-0.1, -0.05) is 0 Å². The summed E-state index contributed by atoms with van der Waals surface area (Å²) in [5.41, 5.74) is 7.66. The molecule has 1 rings (SSSR count). The minimum Gasteiger partial charge on any atom is -0.394 e. The van der Waals surface area contributed by atoms with Crippen LogP contribution in [0.2, 0.25) is 0 Å². The summed E-state index contributed by atoms with van der Waals surface area (Å²) in [4.78, 5) is 2.19. The summed E-state index contributed by atoms with van der Waals surface area (Å²) in [5, 5.41) is 4.32. The summed E-state index contributed by atoms with van der Waals surface area (Å²) in [5.74, 6) is 0.986. The molecular formula is C11H22N4O. The fourth-order valence-corrected chi connectivity index (χ4v) is 1.77. The predicted octanol–water partition coefficient (Wildman–Crippen LogP) is 1.17. The highest BCUT2D eigenvalue weighted by atomic mass is 16.5. The Kier molecular flexibility index (Phi) is 4.61. The molecule has 0 aliphatic heterocycles. The monoisotopic (exact) mass is 226 g/mol. The number of aryl methyl sites for hydroxylation is 2. The predicted molar refractivity (Wildman–Crippen MR) is 66.7 cm³/mol. The van der Waals surface area contributed by atoms with Gasteiger partial charge in [0, 0.05) is 26.7 Å². The molecule has 2 N–H and O–H groups in total. The minimum atomic E-state index is 0.716. The van der Waals surface area contributed by atoms with Crippen molar-refractivity contribution in [3.63, 3.8) is 0 Å². The zero-order valence-electron chi connectivity index (χ0n) is 10.7. The van der Waals surface area contributed by atoms with Crippen molar-refractivity contribution >= 4 is 11.5 Å². The molecule has 0 saturated carbocycles. The Labute approximate surface area is 97.2 Å². The topological polar surface area (TPSA) is 56.3 Å². The second-order valence-corrected chi connectivity index (χ2v) is 3.72. The number of hydrogen-bond acceptors (Lipinski definition) is 4. The molecule has 0 fully saturated rings. The lowest BCUT2D eigenvalue weighted by atomic mass is 10.3. The Morgan fingerprint density at radius 1 is 1.44 bits per heavy atom. The van der Waals surface area contributed by atoms with Gasteiger partial charge in [0.1, 0.15) is 5.82 Å². The Bertz CT molecular complexity index is 335. The second kappa shape index (κ2) is 5.75. The van der Waals surface area contributed by atoms with E-state index in [4.69, 9.17) is 10.5 Å². The van der Waals surface area contributed by atoms with Crippen molar-refractivity contribution in [2.45, 2.75) is 20.8 Å². The molecule has 0 spiro atoms. The zero-order chi connectivity index (χ0) is 12.1. The number of nitrogen functional groups attached to an aromatic ring is 1. The van der Waals surface area contributed by atoms with E-state index in [9.17, 15) is 0 Å². The Morgan fingerprint density at radius 3 is 2.56 bits per heavy atom. The van der Waals surface area contributed by atoms with Gasteiger partial charge >= 0.3 is 0 Å². The van der Waals surface area contributed by atoms with Crippen molar-refractivity contribution < 1.29 is 4.74 Å². The van der Waals surface area contributed by atoms with Crippen LogP contribution >= 0.6 is 0 Å². The van der Waals surface area contributed by atoms with Gasteiger partial charge in [-0.15, -0.1) is 0 Å². The van der Waals surface area contributed by atoms with Crippen LogP contribution in [-0.4, -0.2) is 36.1 Å². The summed E-state index contributed by atoms with van der Waals surface area (Å²) in [7, 11) is 1.92. The molecule has 16 heavy (non-hydrogen) atoms. The average molecular weight is 226 g/mol. The first-order valence-electron chi connectivity index (χ1n) is 5.73. The van der Waals surface area contributed by atoms with Gasteiger partial charge < -0.3 is 15.4 Å². The molecule has 0 aromatic carbocycles. The van der Waals surface area contributed by atoms with E-state index in [0.717, 1.165) is 36.9 Å². The van der Waals surface area contributed by atoms with Crippen LogP contribution in [-0.2, 0) is 11.8 Å². The van der Waals surface area contributed by atoms with Gasteiger partial charge in [0.25, 0.3) is 0 Å². The van der Waals surface area contributed by atoms with Gasteiger partial charge in [-0.3, -0.25) is 4.68 Å². The number of nitrogens with zero attached hydrogens (tertiary/aromatic N) is 3. The van der Waals surface area contributed by atoms with Crippen LogP contribution in [0.3, 0.4) is 0 Å². The van der Waals surface area contributed by atoms with Gasteiger partial charge in [-0.25, -0.2) is 0 Å². The maximum absolute atomic E-state index is 6.02. The maximum atomic E-state index is 6.02. The van der Waals surface area contributed by atoms with Crippen molar-refractivity contribution in [3.8, 4) is 0 Å². The number of likely N-dealkylation sites (N-methyl/N-ethyl adjacent to an activating group) is 1. The Morgan fingerprint density at radius 2 is 2.12 bits per heavy atom. The largest absolute Gasteiger partial charge is 0.394 e. The van der Waals surface area contributed by atoms with Gasteiger partial charge in [0.05, 0.1) is 18.0 Å². The van der Waals surface area contributed by atoms with Crippen molar-refractivity contribution in [2.75, 3.05) is 36.9 Å². The zero-order valence-corrected chi connectivity index (χ0v) is 10.7. The summed E-state index contributed by atoms with van der Waals surface area (Å²) >= 11 is 0. The van der Waals surface area contributed by atoms with Gasteiger partial charge in [-0.2, -0.15) is 5.10 Å². The van der Waals surface area contributed by atoms with Crippen LogP contribution in [0, 0.1) is 6.92 Å². The first-order valence-corrected chi connectivity index (χ1v) is 5.73. The number of rotatable bonds is 6. The maximum Gasteiger partial charge on any atom is 0.150 e. The lowest BCUT2D eigenvalue weighted by molar-refractivity contribution is 0.154. The summed E-state index contributed by atoms with van der Waals surface area (Å²) in [6.45, 7) is 9.23. The minimum absolute atomic E-state index is 0.716. The molecule has 1 aromatic rings. The Hall–Kier alpha value is -1.23. The van der Waals surface area contributed by atoms with Crippen LogP contribution in [0.4, 0.5) is 11.5 Å². The van der Waals surface area contributed by atoms with Crippen molar-refractivity contribution in [3.05, 3.63) is 5.69 Å². The number of hydrogen-bond donors (Lipinski definition) is 1. The summed E-state index contributed by atoms with van der Waals surface area (Å²) < 4.78 is 7.20. The first-order chi connectivity index (χ1) is 7.61. The fraction of sp³-hybridized carbons (Fsp3) is 0.727. The molecule has 0 atom stereocenters. The van der Waals surface area contributed by atoms with E-state index in [1.54, 1.807) is 0 Å². The highest BCUT2D eigenvalue weighted by molar-refractivity contribution is 5.66. The number of nitrogens with two attached hydrogens (primary N) is 1. The van der Waals surface area contributed by atoms with E-state index in [0.29, 0.717) is 6.61 Å². The highest BCUT2D eigenvalue weighted by Crippen LogP contribution is 2.24. The average Bonchev–Trinajstić information content (AvgIpc) is 2.50. The molecule has 0 aliphatic rings. The van der Waals surface area contributed by atoms with E-state index < -0.39 is 0 Å². The first kappa shape index (κ1) is 12.8. The van der Waals surface area contributed by atoms with Gasteiger partial charge in [0.15, 0.2) is 0 Å². The molecule has 0 saturated heterocycles. The molecule has 0 unspecified atom stereocenters. The van der Waals surface area contributed by atoms with E-state index in [1.807, 2.05) is 25.6 Å². The fourth-order valence-electron chi connectivity index (χ4n) is 1.77. The molecule has 1 aromatic heterocycles. The van der Waals surface area contributed by atoms with E-state index in [-0.39, 0.29) is 0 Å². The van der Waals surface area contributed by atoms with Gasteiger partial charge in [-0.05, 0) is 20.8 Å². The third-order valence-electron chi connectivity index (χ3n) is 2.63. The van der Waals surface area contributed by atoms with Crippen LogP contribution in [0.1, 0.15) is 19.5 Å². The molecular weight excluding hydrogens is 204 g/mol. The van der Waals surface area contributed by atoms with Crippen molar-refractivity contribution in [1.82, 2.24) is 9.78 Å². The smallest absolute Gasteiger partial charge is 0.150 e. The molecule has 0 bridgehead atoms. The van der Waals surface area contributed by atoms with Crippen LogP contribution in [0.25, 0.3) is 0 Å².